The van der Waals surface area contributed by atoms with Crippen molar-refractivity contribution in [1.29, 1.82) is 0 Å². The zero-order valence-corrected chi connectivity index (χ0v) is 13.1. The quantitative estimate of drug-likeness (QED) is 0.911. The van der Waals surface area contributed by atoms with Gasteiger partial charge in [0.05, 0.1) is 0 Å². The van der Waals surface area contributed by atoms with Crippen LogP contribution < -0.4 is 10.1 Å². The zero-order valence-electron chi connectivity index (χ0n) is 12.3. The molecule has 110 valence electrons. The minimum Gasteiger partial charge on any atom is -0.481 e. The van der Waals surface area contributed by atoms with Crippen LogP contribution in [0, 0.1) is 13.8 Å². The van der Waals surface area contributed by atoms with Crippen molar-refractivity contribution >= 4 is 23.2 Å². The van der Waals surface area contributed by atoms with Crippen molar-refractivity contribution in [1.82, 2.24) is 0 Å². The Kier molecular flexibility index (Phi) is 4.86. The lowest BCUT2D eigenvalue weighted by Gasteiger charge is -2.16. The fourth-order valence-corrected chi connectivity index (χ4v) is 2.03. The number of benzene rings is 2. The first kappa shape index (κ1) is 15.4. The standard InChI is InChI=1S/C17H18ClNO2/c1-11-7-9-14(10-8-11)21-13(3)17(20)19-16-6-4-5-15(18)12(16)2/h4-10,13H,1-3H3,(H,19,20)/t13-/m1/s1. The number of halogens is 1. The Morgan fingerprint density at radius 1 is 1.14 bits per heavy atom. The van der Waals surface area contributed by atoms with Gasteiger partial charge >= 0.3 is 0 Å². The number of aryl methyl sites for hydroxylation is 1. The Bertz CT molecular complexity index is 638. The highest BCUT2D eigenvalue weighted by atomic mass is 35.5. The molecule has 0 aliphatic rings. The maximum Gasteiger partial charge on any atom is 0.265 e. The lowest BCUT2D eigenvalue weighted by Crippen LogP contribution is -2.30. The smallest absolute Gasteiger partial charge is 0.265 e. The summed E-state index contributed by atoms with van der Waals surface area (Å²) in [6, 6.07) is 13.0. The third-order valence-corrected chi connectivity index (χ3v) is 3.64. The molecule has 0 aromatic heterocycles. The van der Waals surface area contributed by atoms with Gasteiger partial charge < -0.3 is 10.1 Å². The Labute approximate surface area is 129 Å². The van der Waals surface area contributed by atoms with Gasteiger partial charge in [0.1, 0.15) is 5.75 Å². The fraction of sp³-hybridized carbons (Fsp3) is 0.235. The van der Waals surface area contributed by atoms with Crippen LogP contribution >= 0.6 is 11.6 Å². The van der Waals surface area contributed by atoms with Crippen molar-refractivity contribution in [2.45, 2.75) is 26.9 Å². The number of carbonyl (C=O) groups excluding carboxylic acids is 1. The van der Waals surface area contributed by atoms with E-state index < -0.39 is 6.10 Å². The number of rotatable bonds is 4. The first-order valence-corrected chi connectivity index (χ1v) is 7.14. The number of amides is 1. The molecular formula is C17H18ClNO2. The van der Waals surface area contributed by atoms with E-state index in [2.05, 4.69) is 5.32 Å². The summed E-state index contributed by atoms with van der Waals surface area (Å²) in [5, 5.41) is 3.46. The topological polar surface area (TPSA) is 38.3 Å². The number of nitrogens with one attached hydrogen (secondary N) is 1. The Balaban J connectivity index is 2.02. The highest BCUT2D eigenvalue weighted by Gasteiger charge is 2.16. The molecule has 0 fully saturated rings. The minimum atomic E-state index is -0.592. The summed E-state index contributed by atoms with van der Waals surface area (Å²) in [6.45, 7) is 5.58. The van der Waals surface area contributed by atoms with Gasteiger partial charge in [-0.25, -0.2) is 0 Å². The molecule has 0 radical (unpaired) electrons. The summed E-state index contributed by atoms with van der Waals surface area (Å²) >= 11 is 6.04. The van der Waals surface area contributed by atoms with E-state index in [0.29, 0.717) is 16.5 Å². The van der Waals surface area contributed by atoms with E-state index in [0.717, 1.165) is 11.1 Å². The number of ether oxygens (including phenoxy) is 1. The first-order valence-electron chi connectivity index (χ1n) is 6.76. The van der Waals surface area contributed by atoms with Crippen molar-refractivity contribution < 1.29 is 9.53 Å². The predicted molar refractivity (Wildman–Crippen MR) is 86.1 cm³/mol. The Hall–Kier alpha value is -2.00. The molecule has 0 saturated carbocycles. The normalized spacial score (nSPS) is 11.8. The molecule has 2 rings (SSSR count). The third kappa shape index (κ3) is 3.99. The van der Waals surface area contributed by atoms with Gasteiger partial charge in [-0.3, -0.25) is 4.79 Å². The summed E-state index contributed by atoms with van der Waals surface area (Å²) in [6.07, 6.45) is -0.592. The molecule has 3 nitrogen and oxygen atoms in total. The highest BCUT2D eigenvalue weighted by Crippen LogP contribution is 2.23. The lowest BCUT2D eigenvalue weighted by atomic mass is 10.2. The van der Waals surface area contributed by atoms with E-state index in [9.17, 15) is 4.79 Å². The zero-order chi connectivity index (χ0) is 15.4. The van der Waals surface area contributed by atoms with Crippen LogP contribution in [0.3, 0.4) is 0 Å². The van der Waals surface area contributed by atoms with Crippen LogP contribution in [0.5, 0.6) is 5.75 Å². The van der Waals surface area contributed by atoms with E-state index in [-0.39, 0.29) is 5.91 Å². The first-order chi connectivity index (χ1) is 9.97. The number of hydrogen-bond donors (Lipinski definition) is 1. The third-order valence-electron chi connectivity index (χ3n) is 3.23. The van der Waals surface area contributed by atoms with Gasteiger partial charge in [-0.2, -0.15) is 0 Å². The van der Waals surface area contributed by atoms with Crippen LogP contribution in [0.25, 0.3) is 0 Å². The van der Waals surface area contributed by atoms with Gasteiger partial charge in [0, 0.05) is 10.7 Å². The highest BCUT2D eigenvalue weighted by molar-refractivity contribution is 6.31. The molecule has 1 atom stereocenters. The summed E-state index contributed by atoms with van der Waals surface area (Å²) in [5.74, 6) is 0.465. The predicted octanol–water partition coefficient (Wildman–Crippen LogP) is 4.36. The summed E-state index contributed by atoms with van der Waals surface area (Å²) in [7, 11) is 0. The van der Waals surface area contributed by atoms with Crippen LogP contribution in [0.15, 0.2) is 42.5 Å². The molecule has 0 bridgehead atoms. The number of anilines is 1. The molecule has 0 aliphatic heterocycles. The molecule has 2 aromatic rings. The monoisotopic (exact) mass is 303 g/mol. The van der Waals surface area contributed by atoms with E-state index in [1.165, 1.54) is 0 Å². The maximum absolute atomic E-state index is 12.2. The summed E-state index contributed by atoms with van der Waals surface area (Å²) in [4.78, 5) is 12.2. The summed E-state index contributed by atoms with van der Waals surface area (Å²) < 4.78 is 5.63. The SMILES string of the molecule is Cc1ccc(O[C@H](C)C(=O)Nc2cccc(Cl)c2C)cc1. The van der Waals surface area contributed by atoms with E-state index in [1.54, 1.807) is 19.1 Å². The van der Waals surface area contributed by atoms with Gasteiger partial charge in [-0.1, -0.05) is 35.4 Å². The molecular weight excluding hydrogens is 286 g/mol. The molecule has 0 spiro atoms. The van der Waals surface area contributed by atoms with Crippen molar-refractivity contribution in [3.63, 3.8) is 0 Å². The second-order valence-corrected chi connectivity index (χ2v) is 5.38. The molecule has 0 aliphatic carbocycles. The molecule has 2 aromatic carbocycles. The van der Waals surface area contributed by atoms with Crippen LogP contribution in [-0.2, 0) is 4.79 Å². The average molecular weight is 304 g/mol. The maximum atomic E-state index is 12.2. The van der Waals surface area contributed by atoms with Crippen LogP contribution in [0.1, 0.15) is 18.1 Å². The van der Waals surface area contributed by atoms with Crippen molar-refractivity contribution in [2.75, 3.05) is 5.32 Å². The second-order valence-electron chi connectivity index (χ2n) is 4.97. The minimum absolute atomic E-state index is 0.207. The molecule has 21 heavy (non-hydrogen) atoms. The van der Waals surface area contributed by atoms with Crippen molar-refractivity contribution in [3.8, 4) is 5.75 Å². The van der Waals surface area contributed by atoms with Gasteiger partial charge in [0.25, 0.3) is 5.91 Å². The van der Waals surface area contributed by atoms with Crippen molar-refractivity contribution in [3.05, 3.63) is 58.6 Å². The largest absolute Gasteiger partial charge is 0.481 e. The number of carbonyl (C=O) groups is 1. The van der Waals surface area contributed by atoms with Crippen molar-refractivity contribution in [2.24, 2.45) is 0 Å². The number of hydrogen-bond acceptors (Lipinski definition) is 2. The lowest BCUT2D eigenvalue weighted by molar-refractivity contribution is -0.122. The summed E-state index contributed by atoms with van der Waals surface area (Å²) in [5.41, 5.74) is 2.69. The molecule has 1 N–H and O–H groups in total. The molecule has 0 unspecified atom stereocenters. The van der Waals surface area contributed by atoms with Gasteiger partial charge in [-0.05, 0) is 50.6 Å². The second kappa shape index (κ2) is 6.64. The Morgan fingerprint density at radius 2 is 1.81 bits per heavy atom. The molecule has 0 saturated heterocycles. The molecule has 1 amide bonds. The van der Waals surface area contributed by atoms with E-state index in [4.69, 9.17) is 16.3 Å². The molecule has 0 heterocycles. The van der Waals surface area contributed by atoms with Crippen LogP contribution in [0.2, 0.25) is 5.02 Å². The average Bonchev–Trinajstić information content (AvgIpc) is 2.46. The van der Waals surface area contributed by atoms with E-state index >= 15 is 0 Å². The van der Waals surface area contributed by atoms with Gasteiger partial charge in [-0.15, -0.1) is 0 Å². The van der Waals surface area contributed by atoms with Gasteiger partial charge in [0.15, 0.2) is 6.10 Å². The molecule has 4 heteroatoms. The van der Waals surface area contributed by atoms with Crippen LogP contribution in [-0.4, -0.2) is 12.0 Å². The Morgan fingerprint density at radius 3 is 2.48 bits per heavy atom. The van der Waals surface area contributed by atoms with Crippen LogP contribution in [0.4, 0.5) is 5.69 Å². The van der Waals surface area contributed by atoms with Gasteiger partial charge in [0.2, 0.25) is 0 Å². The van der Waals surface area contributed by atoms with E-state index in [1.807, 2.05) is 44.2 Å². The fourth-order valence-electron chi connectivity index (χ4n) is 1.85.